The van der Waals surface area contributed by atoms with Crippen molar-refractivity contribution in [2.75, 3.05) is 6.61 Å². The van der Waals surface area contributed by atoms with Crippen molar-refractivity contribution < 1.29 is 4.74 Å². The van der Waals surface area contributed by atoms with Crippen LogP contribution >= 0.6 is 0 Å². The van der Waals surface area contributed by atoms with Crippen molar-refractivity contribution in [2.24, 2.45) is 17.6 Å². The lowest BCUT2D eigenvalue weighted by atomic mass is 9.98. The predicted octanol–water partition coefficient (Wildman–Crippen LogP) is 2.35. The van der Waals surface area contributed by atoms with Crippen LogP contribution in [0.4, 0.5) is 0 Å². The van der Waals surface area contributed by atoms with E-state index in [1.54, 1.807) is 0 Å². The van der Waals surface area contributed by atoms with Gasteiger partial charge in [0.05, 0.1) is 18.1 Å². The average Bonchev–Trinajstić information content (AvgIpc) is 2.97. The number of nitrogens with two attached hydrogens (primary N) is 1. The van der Waals surface area contributed by atoms with E-state index in [4.69, 9.17) is 10.5 Å². The van der Waals surface area contributed by atoms with E-state index in [0.717, 1.165) is 31.7 Å². The summed E-state index contributed by atoms with van der Waals surface area (Å²) in [5, 5.41) is 0. The van der Waals surface area contributed by atoms with Crippen molar-refractivity contribution in [3.63, 3.8) is 0 Å². The van der Waals surface area contributed by atoms with Gasteiger partial charge in [0.25, 0.3) is 0 Å². The third kappa shape index (κ3) is 2.75. The fourth-order valence-corrected chi connectivity index (χ4v) is 2.71. The van der Waals surface area contributed by atoms with Crippen molar-refractivity contribution in [1.82, 2.24) is 9.55 Å². The maximum Gasteiger partial charge on any atom is 0.0948 e. The molecule has 3 unspecified atom stereocenters. The second-order valence-corrected chi connectivity index (χ2v) is 5.61. The molecule has 1 aliphatic rings. The van der Waals surface area contributed by atoms with Gasteiger partial charge in [-0.25, -0.2) is 4.98 Å². The van der Waals surface area contributed by atoms with Crippen LogP contribution in [-0.4, -0.2) is 22.3 Å². The lowest BCUT2D eigenvalue weighted by Crippen LogP contribution is -2.25. The summed E-state index contributed by atoms with van der Waals surface area (Å²) in [6, 6.07) is 0.0647. The Morgan fingerprint density at radius 2 is 2.33 bits per heavy atom. The summed E-state index contributed by atoms with van der Waals surface area (Å²) in [6.07, 6.45) is 6.44. The van der Waals surface area contributed by atoms with Gasteiger partial charge in [0.2, 0.25) is 0 Å². The predicted molar refractivity (Wildman–Crippen MR) is 72.1 cm³/mol. The van der Waals surface area contributed by atoms with Crippen LogP contribution in [0.1, 0.15) is 45.3 Å². The largest absolute Gasteiger partial charge is 0.378 e. The SMILES string of the molecule is CCC1OCCC1Cn1cncc1C(N)C(C)C. The van der Waals surface area contributed by atoms with Crippen molar-refractivity contribution in [3.05, 3.63) is 18.2 Å². The highest BCUT2D eigenvalue weighted by molar-refractivity contribution is 5.06. The molecule has 1 aromatic rings. The Morgan fingerprint density at radius 3 is 3.00 bits per heavy atom. The molecule has 4 nitrogen and oxygen atoms in total. The highest BCUT2D eigenvalue weighted by Gasteiger charge is 2.28. The molecular formula is C14H25N3O. The molecule has 3 atom stereocenters. The number of rotatable bonds is 5. The number of hydrogen-bond donors (Lipinski definition) is 1. The summed E-state index contributed by atoms with van der Waals surface area (Å²) in [5.41, 5.74) is 7.38. The lowest BCUT2D eigenvalue weighted by Gasteiger charge is -2.22. The van der Waals surface area contributed by atoms with Gasteiger partial charge in [-0.3, -0.25) is 0 Å². The van der Waals surface area contributed by atoms with Crippen LogP contribution in [0.3, 0.4) is 0 Å². The molecule has 0 bridgehead atoms. The van der Waals surface area contributed by atoms with Gasteiger partial charge in [0.15, 0.2) is 0 Å². The van der Waals surface area contributed by atoms with Crippen LogP contribution in [0, 0.1) is 11.8 Å². The molecule has 0 aliphatic carbocycles. The van der Waals surface area contributed by atoms with Gasteiger partial charge in [-0.05, 0) is 18.8 Å². The van der Waals surface area contributed by atoms with E-state index in [2.05, 4.69) is 30.3 Å². The fourth-order valence-electron chi connectivity index (χ4n) is 2.71. The third-order valence-electron chi connectivity index (χ3n) is 3.98. The Kier molecular flexibility index (Phi) is 4.40. The van der Waals surface area contributed by atoms with Gasteiger partial charge in [0, 0.05) is 31.3 Å². The van der Waals surface area contributed by atoms with E-state index in [-0.39, 0.29) is 6.04 Å². The van der Waals surface area contributed by atoms with Gasteiger partial charge >= 0.3 is 0 Å². The number of imidazole rings is 1. The molecule has 1 saturated heterocycles. The summed E-state index contributed by atoms with van der Waals surface area (Å²) < 4.78 is 7.96. The van der Waals surface area contributed by atoms with E-state index in [1.165, 1.54) is 0 Å². The smallest absolute Gasteiger partial charge is 0.0948 e. The Labute approximate surface area is 110 Å². The quantitative estimate of drug-likeness (QED) is 0.874. The van der Waals surface area contributed by atoms with Gasteiger partial charge in [0.1, 0.15) is 0 Å². The molecule has 0 aromatic carbocycles. The van der Waals surface area contributed by atoms with Crippen LogP contribution in [0.2, 0.25) is 0 Å². The first-order valence-electron chi connectivity index (χ1n) is 7.00. The van der Waals surface area contributed by atoms with Crippen molar-refractivity contribution in [3.8, 4) is 0 Å². The Balaban J connectivity index is 2.08. The summed E-state index contributed by atoms with van der Waals surface area (Å²) in [4.78, 5) is 4.26. The number of hydrogen-bond acceptors (Lipinski definition) is 3. The highest BCUT2D eigenvalue weighted by Crippen LogP contribution is 2.27. The van der Waals surface area contributed by atoms with E-state index >= 15 is 0 Å². The van der Waals surface area contributed by atoms with Gasteiger partial charge in [-0.15, -0.1) is 0 Å². The maximum atomic E-state index is 6.23. The standard InChI is InChI=1S/C14H25N3O/c1-4-13-11(5-6-18-13)8-17-9-16-7-12(17)14(15)10(2)3/h7,9-11,13-14H,4-6,8,15H2,1-3H3. The molecule has 2 heterocycles. The fraction of sp³-hybridized carbons (Fsp3) is 0.786. The molecule has 1 aromatic heterocycles. The van der Waals surface area contributed by atoms with E-state index < -0.39 is 0 Å². The van der Waals surface area contributed by atoms with Crippen LogP contribution in [0.15, 0.2) is 12.5 Å². The zero-order valence-electron chi connectivity index (χ0n) is 11.7. The highest BCUT2D eigenvalue weighted by atomic mass is 16.5. The van der Waals surface area contributed by atoms with Gasteiger partial charge in [-0.2, -0.15) is 0 Å². The van der Waals surface area contributed by atoms with Gasteiger partial charge in [-0.1, -0.05) is 20.8 Å². The van der Waals surface area contributed by atoms with E-state index in [0.29, 0.717) is 17.9 Å². The second-order valence-electron chi connectivity index (χ2n) is 5.61. The first kappa shape index (κ1) is 13.6. The Bertz CT molecular complexity index is 375. The molecular weight excluding hydrogens is 226 g/mol. The third-order valence-corrected chi connectivity index (χ3v) is 3.98. The molecule has 4 heteroatoms. The molecule has 2 rings (SSSR count). The second kappa shape index (κ2) is 5.85. The first-order chi connectivity index (χ1) is 8.63. The number of nitrogens with zero attached hydrogens (tertiary/aromatic N) is 2. The average molecular weight is 251 g/mol. The summed E-state index contributed by atoms with van der Waals surface area (Å²) >= 11 is 0. The molecule has 0 amide bonds. The maximum absolute atomic E-state index is 6.23. The van der Waals surface area contributed by atoms with E-state index in [1.807, 2.05) is 12.5 Å². The van der Waals surface area contributed by atoms with Crippen molar-refractivity contribution in [1.29, 1.82) is 0 Å². The lowest BCUT2D eigenvalue weighted by molar-refractivity contribution is 0.0831. The zero-order chi connectivity index (χ0) is 13.1. The Hall–Kier alpha value is -0.870. The van der Waals surface area contributed by atoms with E-state index in [9.17, 15) is 0 Å². The molecule has 0 saturated carbocycles. The zero-order valence-corrected chi connectivity index (χ0v) is 11.7. The Morgan fingerprint density at radius 1 is 1.56 bits per heavy atom. The molecule has 18 heavy (non-hydrogen) atoms. The first-order valence-corrected chi connectivity index (χ1v) is 7.00. The van der Waals surface area contributed by atoms with Crippen LogP contribution in [0.25, 0.3) is 0 Å². The molecule has 0 radical (unpaired) electrons. The minimum Gasteiger partial charge on any atom is -0.378 e. The van der Waals surface area contributed by atoms with Crippen LogP contribution < -0.4 is 5.73 Å². The van der Waals surface area contributed by atoms with Crippen molar-refractivity contribution >= 4 is 0 Å². The van der Waals surface area contributed by atoms with Crippen LogP contribution in [-0.2, 0) is 11.3 Å². The molecule has 1 fully saturated rings. The molecule has 0 spiro atoms. The topological polar surface area (TPSA) is 53.1 Å². The number of aromatic nitrogens is 2. The summed E-state index contributed by atoms with van der Waals surface area (Å²) in [7, 11) is 0. The summed E-state index contributed by atoms with van der Waals surface area (Å²) in [5.74, 6) is 1.03. The molecule has 2 N–H and O–H groups in total. The minimum atomic E-state index is 0.0647. The monoisotopic (exact) mass is 251 g/mol. The molecule has 1 aliphatic heterocycles. The number of ether oxygens (including phenoxy) is 1. The normalized spacial score (nSPS) is 25.8. The van der Waals surface area contributed by atoms with Gasteiger partial charge < -0.3 is 15.0 Å². The minimum absolute atomic E-state index is 0.0647. The van der Waals surface area contributed by atoms with Crippen LogP contribution in [0.5, 0.6) is 0 Å². The molecule has 102 valence electrons. The summed E-state index contributed by atoms with van der Waals surface area (Å²) in [6.45, 7) is 8.36. The van der Waals surface area contributed by atoms with Crippen molar-refractivity contribution in [2.45, 2.75) is 52.3 Å².